The van der Waals surface area contributed by atoms with Gasteiger partial charge in [-0.2, -0.15) is 0 Å². The molecule has 12 heavy (non-hydrogen) atoms. The molecule has 1 aromatic carbocycles. The normalized spacial score (nSPS) is 9.58. The van der Waals surface area contributed by atoms with E-state index < -0.39 is 0 Å². The van der Waals surface area contributed by atoms with Gasteiger partial charge in [-0.15, -0.1) is 0 Å². The monoisotopic (exact) mass is 451 g/mol. The van der Waals surface area contributed by atoms with Gasteiger partial charge in [-0.05, 0) is 57.3 Å². The highest BCUT2D eigenvalue weighted by atomic mass is 127. The smallest absolute Gasteiger partial charge is 0.211 e. The maximum absolute atomic E-state index is 10.2. The Morgan fingerprint density at radius 2 is 1.83 bits per heavy atom. The highest BCUT2D eigenvalue weighted by Crippen LogP contribution is 2.28. The number of amides is 1. The van der Waals surface area contributed by atoms with Crippen LogP contribution in [0.4, 0.5) is 5.69 Å². The lowest BCUT2D eigenvalue weighted by molar-refractivity contribution is -0.105. The molecule has 0 heterocycles. The molecule has 0 unspecified atom stereocenters. The Hall–Kier alpha value is 0.630. The zero-order valence-corrected chi connectivity index (χ0v) is 11.7. The molecule has 2 nitrogen and oxygen atoms in total. The van der Waals surface area contributed by atoms with Crippen molar-refractivity contribution in [1.29, 1.82) is 0 Å². The van der Waals surface area contributed by atoms with Crippen LogP contribution in [0.25, 0.3) is 0 Å². The third kappa shape index (κ3) is 2.56. The standard InChI is InChI=1S/C7H4BrI2NO/c8-4-1-5(9)7(11-3-12)6(10)2-4/h1-3H,(H,11,12). The Bertz CT molecular complexity index is 293. The summed E-state index contributed by atoms with van der Waals surface area (Å²) >= 11 is 7.73. The molecule has 0 aliphatic rings. The summed E-state index contributed by atoms with van der Waals surface area (Å²) in [6.45, 7) is 0. The van der Waals surface area contributed by atoms with Crippen LogP contribution in [-0.2, 0) is 4.79 Å². The summed E-state index contributed by atoms with van der Waals surface area (Å²) in [4.78, 5) is 10.2. The quantitative estimate of drug-likeness (QED) is 0.543. The van der Waals surface area contributed by atoms with Gasteiger partial charge >= 0.3 is 0 Å². The Morgan fingerprint density at radius 3 is 2.25 bits per heavy atom. The molecule has 0 aliphatic heterocycles. The molecule has 1 N–H and O–H groups in total. The molecule has 5 heteroatoms. The lowest BCUT2D eigenvalue weighted by Crippen LogP contribution is -1.98. The van der Waals surface area contributed by atoms with Crippen molar-refractivity contribution in [1.82, 2.24) is 0 Å². The first-order valence-corrected chi connectivity index (χ1v) is 5.95. The van der Waals surface area contributed by atoms with Gasteiger partial charge in [0, 0.05) is 11.6 Å². The zero-order valence-electron chi connectivity index (χ0n) is 5.77. The summed E-state index contributed by atoms with van der Waals surface area (Å²) in [6, 6.07) is 3.91. The van der Waals surface area contributed by atoms with Crippen molar-refractivity contribution in [2.45, 2.75) is 0 Å². The number of benzene rings is 1. The highest BCUT2D eigenvalue weighted by Gasteiger charge is 2.04. The average Bonchev–Trinajstić information content (AvgIpc) is 1.96. The van der Waals surface area contributed by atoms with Crippen LogP contribution in [-0.4, -0.2) is 6.41 Å². The van der Waals surface area contributed by atoms with Gasteiger partial charge in [0.25, 0.3) is 0 Å². The van der Waals surface area contributed by atoms with Gasteiger partial charge in [0.1, 0.15) is 0 Å². The van der Waals surface area contributed by atoms with E-state index in [9.17, 15) is 4.79 Å². The van der Waals surface area contributed by atoms with Crippen molar-refractivity contribution < 1.29 is 4.79 Å². The second-order valence-electron chi connectivity index (χ2n) is 2.01. The van der Waals surface area contributed by atoms with E-state index in [0.29, 0.717) is 6.41 Å². The van der Waals surface area contributed by atoms with Crippen LogP contribution in [0.1, 0.15) is 0 Å². The number of carbonyl (C=O) groups is 1. The van der Waals surface area contributed by atoms with Crippen molar-refractivity contribution in [3.05, 3.63) is 23.7 Å². The molecule has 0 aliphatic carbocycles. The summed E-state index contributed by atoms with van der Waals surface area (Å²) in [5.41, 5.74) is 0.870. The van der Waals surface area contributed by atoms with Crippen LogP contribution in [0, 0.1) is 7.14 Å². The second-order valence-corrected chi connectivity index (χ2v) is 5.25. The van der Waals surface area contributed by atoms with Crippen molar-refractivity contribution >= 4 is 73.2 Å². The molecular weight excluding hydrogens is 448 g/mol. The molecule has 0 atom stereocenters. The van der Waals surface area contributed by atoms with Crippen LogP contribution in [0.15, 0.2) is 16.6 Å². The van der Waals surface area contributed by atoms with Gasteiger partial charge in [-0.3, -0.25) is 4.79 Å². The average molecular weight is 452 g/mol. The number of anilines is 1. The van der Waals surface area contributed by atoms with Crippen LogP contribution >= 0.6 is 61.1 Å². The number of nitrogens with one attached hydrogen (secondary N) is 1. The minimum Gasteiger partial charge on any atom is -0.327 e. The second kappa shape index (κ2) is 4.75. The van der Waals surface area contributed by atoms with Gasteiger partial charge in [0.05, 0.1) is 5.69 Å². The van der Waals surface area contributed by atoms with E-state index in [-0.39, 0.29) is 0 Å². The predicted molar refractivity (Wildman–Crippen MR) is 69.3 cm³/mol. The first kappa shape index (κ1) is 10.7. The van der Waals surface area contributed by atoms with E-state index in [1.807, 2.05) is 12.1 Å². The van der Waals surface area contributed by atoms with Gasteiger partial charge in [-0.25, -0.2) is 0 Å². The third-order valence-corrected chi connectivity index (χ3v) is 3.37. The molecule has 0 fully saturated rings. The van der Waals surface area contributed by atoms with Crippen LogP contribution < -0.4 is 5.32 Å². The molecule has 0 saturated heterocycles. The van der Waals surface area contributed by atoms with E-state index in [4.69, 9.17) is 0 Å². The topological polar surface area (TPSA) is 29.1 Å². The maximum atomic E-state index is 10.2. The van der Waals surface area contributed by atoms with Gasteiger partial charge in [0.15, 0.2) is 0 Å². The van der Waals surface area contributed by atoms with Crippen molar-refractivity contribution in [2.75, 3.05) is 5.32 Å². The molecule has 1 aromatic rings. The summed E-state index contributed by atoms with van der Waals surface area (Å²) in [7, 11) is 0. The fourth-order valence-electron chi connectivity index (χ4n) is 0.739. The van der Waals surface area contributed by atoms with E-state index in [0.717, 1.165) is 17.3 Å². The maximum Gasteiger partial charge on any atom is 0.211 e. The van der Waals surface area contributed by atoms with Gasteiger partial charge in [-0.1, -0.05) is 15.9 Å². The van der Waals surface area contributed by atoms with Gasteiger partial charge in [0.2, 0.25) is 6.41 Å². The third-order valence-electron chi connectivity index (χ3n) is 1.21. The number of hydrogen-bond donors (Lipinski definition) is 1. The molecular formula is C7H4BrI2NO. The fourth-order valence-corrected chi connectivity index (χ4v) is 4.13. The predicted octanol–water partition coefficient (Wildman–Crippen LogP) is 3.23. The van der Waals surface area contributed by atoms with Crippen LogP contribution in [0.2, 0.25) is 0 Å². The van der Waals surface area contributed by atoms with Crippen molar-refractivity contribution in [2.24, 2.45) is 0 Å². The first-order valence-electron chi connectivity index (χ1n) is 3.00. The number of halogens is 3. The lowest BCUT2D eigenvalue weighted by atomic mass is 10.3. The molecule has 64 valence electrons. The highest BCUT2D eigenvalue weighted by molar-refractivity contribution is 14.1. The van der Waals surface area contributed by atoms with Crippen LogP contribution in [0.3, 0.4) is 0 Å². The Labute approximate surface area is 106 Å². The Kier molecular flexibility index (Phi) is 4.24. The number of hydrogen-bond acceptors (Lipinski definition) is 1. The largest absolute Gasteiger partial charge is 0.327 e. The molecule has 0 bridgehead atoms. The van der Waals surface area contributed by atoms with E-state index >= 15 is 0 Å². The minimum atomic E-state index is 0.688. The zero-order chi connectivity index (χ0) is 9.14. The lowest BCUT2D eigenvalue weighted by Gasteiger charge is -2.05. The van der Waals surface area contributed by atoms with E-state index in [1.54, 1.807) is 0 Å². The Morgan fingerprint density at radius 1 is 1.33 bits per heavy atom. The molecule has 1 rings (SSSR count). The van der Waals surface area contributed by atoms with E-state index in [1.165, 1.54) is 0 Å². The van der Waals surface area contributed by atoms with Crippen LogP contribution in [0.5, 0.6) is 0 Å². The fraction of sp³-hybridized carbons (Fsp3) is 0. The molecule has 0 radical (unpaired) electrons. The summed E-state index contributed by atoms with van der Waals surface area (Å²) in [5.74, 6) is 0. The minimum absolute atomic E-state index is 0.688. The molecule has 0 spiro atoms. The summed E-state index contributed by atoms with van der Waals surface area (Å²) < 4.78 is 3.07. The van der Waals surface area contributed by atoms with Crippen molar-refractivity contribution in [3.63, 3.8) is 0 Å². The first-order chi connectivity index (χ1) is 5.65. The molecule has 0 saturated carbocycles. The summed E-state index contributed by atoms with van der Waals surface area (Å²) in [6.07, 6.45) is 0.688. The molecule has 0 aromatic heterocycles. The van der Waals surface area contributed by atoms with Gasteiger partial charge < -0.3 is 5.32 Å². The number of carbonyl (C=O) groups excluding carboxylic acids is 1. The van der Waals surface area contributed by atoms with Crippen molar-refractivity contribution in [3.8, 4) is 0 Å². The van der Waals surface area contributed by atoms with E-state index in [2.05, 4.69) is 66.4 Å². The Balaban J connectivity index is 3.18. The SMILES string of the molecule is O=CNc1c(I)cc(Br)cc1I. The summed E-state index contributed by atoms with van der Waals surface area (Å²) in [5, 5.41) is 2.65. The number of rotatable bonds is 2. The molecule has 1 amide bonds.